The van der Waals surface area contributed by atoms with Gasteiger partial charge in [0.05, 0.1) is 6.54 Å². The van der Waals surface area contributed by atoms with Gasteiger partial charge in [-0.1, -0.05) is 0 Å². The fourth-order valence-corrected chi connectivity index (χ4v) is 2.16. The second-order valence-electron chi connectivity index (χ2n) is 4.90. The van der Waals surface area contributed by atoms with Crippen molar-refractivity contribution >= 4 is 5.91 Å². The zero-order valence-electron chi connectivity index (χ0n) is 12.0. The van der Waals surface area contributed by atoms with Crippen LogP contribution in [0.5, 0.6) is 11.6 Å². The highest BCUT2D eigenvalue weighted by Crippen LogP contribution is 2.27. The van der Waals surface area contributed by atoms with E-state index in [2.05, 4.69) is 10.3 Å². The van der Waals surface area contributed by atoms with Gasteiger partial charge in [-0.2, -0.15) is 0 Å². The Morgan fingerprint density at radius 2 is 2.10 bits per heavy atom. The average Bonchev–Trinajstić information content (AvgIpc) is 2.84. The lowest BCUT2D eigenvalue weighted by Crippen LogP contribution is -2.25. The molecule has 0 spiro atoms. The van der Waals surface area contributed by atoms with Crippen molar-refractivity contribution in [2.45, 2.75) is 13.5 Å². The number of carbonyl (C=O) groups excluding carboxylic acids is 1. The number of amides is 1. The van der Waals surface area contributed by atoms with E-state index in [9.17, 15) is 4.79 Å². The van der Waals surface area contributed by atoms with E-state index in [4.69, 9.17) is 9.47 Å². The minimum atomic E-state index is -0.231. The summed E-state index contributed by atoms with van der Waals surface area (Å²) >= 11 is 0. The van der Waals surface area contributed by atoms with Crippen molar-refractivity contribution in [3.63, 3.8) is 0 Å². The molecule has 6 nitrogen and oxygen atoms in total. The van der Waals surface area contributed by atoms with Gasteiger partial charge in [0.1, 0.15) is 18.9 Å². The van der Waals surface area contributed by atoms with Crippen LogP contribution in [0.25, 0.3) is 0 Å². The second-order valence-corrected chi connectivity index (χ2v) is 4.90. The molecule has 3 rings (SSSR count). The fourth-order valence-electron chi connectivity index (χ4n) is 2.16. The summed E-state index contributed by atoms with van der Waals surface area (Å²) in [5.74, 6) is 0.727. The molecule has 6 heteroatoms. The zero-order valence-corrected chi connectivity index (χ0v) is 12.0. The molecule has 0 bridgehead atoms. The summed E-state index contributed by atoms with van der Waals surface area (Å²) in [5.41, 5.74) is 2.51. The third-order valence-electron chi connectivity index (χ3n) is 3.54. The number of ether oxygens (including phenoxy) is 2. The molecule has 1 N–H and O–H groups in total. The predicted molar refractivity (Wildman–Crippen MR) is 76.5 cm³/mol. The molecule has 1 aliphatic rings. The smallest absolute Gasteiger partial charge is 0.270 e. The van der Waals surface area contributed by atoms with Crippen LogP contribution in [0.3, 0.4) is 0 Å². The van der Waals surface area contributed by atoms with Gasteiger partial charge < -0.3 is 19.4 Å². The molecule has 0 atom stereocenters. The quantitative estimate of drug-likeness (QED) is 0.927. The van der Waals surface area contributed by atoms with E-state index in [0.29, 0.717) is 37.1 Å². The highest BCUT2D eigenvalue weighted by Gasteiger charge is 2.16. The van der Waals surface area contributed by atoms with Gasteiger partial charge in [0.25, 0.3) is 11.8 Å². The summed E-state index contributed by atoms with van der Waals surface area (Å²) in [6.45, 7) is 3.44. The number of aromatic nitrogens is 2. The van der Waals surface area contributed by atoms with Crippen molar-refractivity contribution in [3.05, 3.63) is 41.3 Å². The molecule has 0 fully saturated rings. The van der Waals surface area contributed by atoms with Crippen LogP contribution in [-0.2, 0) is 13.6 Å². The minimum Gasteiger partial charge on any atom is -0.484 e. The maximum absolute atomic E-state index is 12.1. The maximum atomic E-state index is 12.1. The Morgan fingerprint density at radius 3 is 2.86 bits per heavy atom. The Hall–Kier alpha value is -2.50. The molecule has 110 valence electrons. The molecule has 2 aromatic heterocycles. The number of hydrogen-bond acceptors (Lipinski definition) is 4. The summed E-state index contributed by atoms with van der Waals surface area (Å²) in [5, 5.41) is 2.86. The van der Waals surface area contributed by atoms with Crippen molar-refractivity contribution in [1.29, 1.82) is 0 Å². The number of nitrogens with one attached hydrogen (secondary N) is 1. The van der Waals surface area contributed by atoms with E-state index in [1.165, 1.54) is 0 Å². The monoisotopic (exact) mass is 287 g/mol. The van der Waals surface area contributed by atoms with E-state index in [-0.39, 0.29) is 5.91 Å². The normalized spacial score (nSPS) is 13.0. The van der Waals surface area contributed by atoms with Gasteiger partial charge in [0.15, 0.2) is 5.75 Å². The molecule has 0 saturated heterocycles. The molecule has 1 amide bonds. The maximum Gasteiger partial charge on any atom is 0.270 e. The molecule has 2 aromatic rings. The van der Waals surface area contributed by atoms with Gasteiger partial charge >= 0.3 is 0 Å². The van der Waals surface area contributed by atoms with Crippen LogP contribution in [0, 0.1) is 6.92 Å². The summed E-state index contributed by atoms with van der Waals surface area (Å²) in [7, 11) is 1.97. The number of pyridine rings is 1. The first-order valence-corrected chi connectivity index (χ1v) is 6.81. The third kappa shape index (κ3) is 2.69. The number of fused-ring (bicyclic) bond motifs is 1. The molecule has 0 unspecified atom stereocenters. The molecule has 0 radical (unpaired) electrons. The van der Waals surface area contributed by atoms with Gasteiger partial charge in [-0.05, 0) is 31.2 Å². The lowest BCUT2D eigenvalue weighted by Gasteiger charge is -2.17. The lowest BCUT2D eigenvalue weighted by molar-refractivity contribution is 0.0942. The molecule has 0 saturated carbocycles. The standard InChI is InChI=1S/C15H17N3O3/c1-10-3-4-11(18(10)2)9-16-14(19)12-5-6-13-15(17-12)21-8-7-20-13/h3-6H,7-9H2,1-2H3,(H,16,19). The van der Waals surface area contributed by atoms with Crippen molar-refractivity contribution in [1.82, 2.24) is 14.9 Å². The Labute approximate surface area is 122 Å². The van der Waals surface area contributed by atoms with E-state index in [1.54, 1.807) is 12.1 Å². The van der Waals surface area contributed by atoms with E-state index in [1.807, 2.05) is 30.7 Å². The minimum absolute atomic E-state index is 0.231. The van der Waals surface area contributed by atoms with E-state index in [0.717, 1.165) is 11.4 Å². The Bertz CT molecular complexity index is 679. The highest BCUT2D eigenvalue weighted by atomic mass is 16.6. The first-order chi connectivity index (χ1) is 10.1. The number of aryl methyl sites for hydroxylation is 1. The Balaban J connectivity index is 1.69. The number of hydrogen-bond donors (Lipinski definition) is 1. The van der Waals surface area contributed by atoms with Crippen LogP contribution in [0.2, 0.25) is 0 Å². The van der Waals surface area contributed by atoms with Crippen LogP contribution < -0.4 is 14.8 Å². The Morgan fingerprint density at radius 1 is 1.29 bits per heavy atom. The summed E-state index contributed by atoms with van der Waals surface area (Å²) in [4.78, 5) is 16.3. The van der Waals surface area contributed by atoms with Crippen molar-refractivity contribution < 1.29 is 14.3 Å². The molecule has 1 aliphatic heterocycles. The fraction of sp³-hybridized carbons (Fsp3) is 0.333. The first-order valence-electron chi connectivity index (χ1n) is 6.81. The predicted octanol–water partition coefficient (Wildman–Crippen LogP) is 1.43. The van der Waals surface area contributed by atoms with Crippen molar-refractivity contribution in [3.8, 4) is 11.6 Å². The van der Waals surface area contributed by atoms with Crippen LogP contribution in [0.4, 0.5) is 0 Å². The summed E-state index contributed by atoms with van der Waals surface area (Å²) in [6.07, 6.45) is 0. The molecule has 0 aliphatic carbocycles. The topological polar surface area (TPSA) is 65.4 Å². The number of rotatable bonds is 3. The highest BCUT2D eigenvalue weighted by molar-refractivity contribution is 5.92. The second kappa shape index (κ2) is 5.47. The van der Waals surface area contributed by atoms with Crippen LogP contribution >= 0.6 is 0 Å². The molecule has 0 aromatic carbocycles. The van der Waals surface area contributed by atoms with Gasteiger partial charge in [-0.15, -0.1) is 0 Å². The zero-order chi connectivity index (χ0) is 14.8. The van der Waals surface area contributed by atoms with Gasteiger partial charge in [0.2, 0.25) is 0 Å². The van der Waals surface area contributed by atoms with Gasteiger partial charge in [0, 0.05) is 18.4 Å². The number of carbonyl (C=O) groups is 1. The van der Waals surface area contributed by atoms with Crippen molar-refractivity contribution in [2.24, 2.45) is 7.05 Å². The van der Waals surface area contributed by atoms with Gasteiger partial charge in [-0.25, -0.2) is 4.98 Å². The molecular weight excluding hydrogens is 270 g/mol. The molecule has 21 heavy (non-hydrogen) atoms. The average molecular weight is 287 g/mol. The Kier molecular flexibility index (Phi) is 3.51. The van der Waals surface area contributed by atoms with E-state index >= 15 is 0 Å². The van der Waals surface area contributed by atoms with Crippen LogP contribution in [0.15, 0.2) is 24.3 Å². The third-order valence-corrected chi connectivity index (χ3v) is 3.54. The largest absolute Gasteiger partial charge is 0.484 e. The van der Waals surface area contributed by atoms with Gasteiger partial charge in [-0.3, -0.25) is 4.79 Å². The molecule has 3 heterocycles. The SMILES string of the molecule is Cc1ccc(CNC(=O)c2ccc3c(n2)OCCO3)n1C. The summed E-state index contributed by atoms with van der Waals surface area (Å²) < 4.78 is 12.8. The first kappa shape index (κ1) is 13.5. The molecular formula is C15H17N3O3. The van der Waals surface area contributed by atoms with Crippen LogP contribution in [0.1, 0.15) is 21.9 Å². The van der Waals surface area contributed by atoms with Crippen LogP contribution in [-0.4, -0.2) is 28.7 Å². The summed E-state index contributed by atoms with van der Waals surface area (Å²) in [6, 6.07) is 7.36. The number of nitrogens with zero attached hydrogens (tertiary/aromatic N) is 2. The lowest BCUT2D eigenvalue weighted by atomic mass is 10.3. The van der Waals surface area contributed by atoms with E-state index < -0.39 is 0 Å². The van der Waals surface area contributed by atoms with Crippen molar-refractivity contribution in [2.75, 3.05) is 13.2 Å².